The summed E-state index contributed by atoms with van der Waals surface area (Å²) in [5.74, 6) is 0.824. The summed E-state index contributed by atoms with van der Waals surface area (Å²) in [6.45, 7) is 1.62. The standard InChI is InChI=1S/C10H14N2O2/c1-13-9-5-3-2-4-8(9)12-10-11-6-7-14-10/h2-5,10-12H,6-7H2,1H3/t10-/m0/s1. The van der Waals surface area contributed by atoms with E-state index in [2.05, 4.69) is 10.6 Å². The molecule has 0 saturated carbocycles. The topological polar surface area (TPSA) is 42.5 Å². The van der Waals surface area contributed by atoms with Crippen molar-refractivity contribution >= 4 is 5.69 Å². The summed E-state index contributed by atoms with van der Waals surface area (Å²) < 4.78 is 10.6. The maximum absolute atomic E-state index is 5.38. The molecule has 0 amide bonds. The maximum atomic E-state index is 5.38. The third kappa shape index (κ3) is 1.97. The first-order valence-electron chi connectivity index (χ1n) is 4.65. The molecule has 4 heteroatoms. The summed E-state index contributed by atoms with van der Waals surface area (Å²) in [7, 11) is 1.66. The molecule has 0 bridgehead atoms. The van der Waals surface area contributed by atoms with E-state index in [1.807, 2.05) is 24.3 Å². The molecule has 1 aromatic rings. The van der Waals surface area contributed by atoms with Crippen LogP contribution in [0.1, 0.15) is 0 Å². The van der Waals surface area contributed by atoms with Gasteiger partial charge in [-0.25, -0.2) is 0 Å². The van der Waals surface area contributed by atoms with Crippen LogP contribution in [-0.2, 0) is 4.74 Å². The molecule has 2 N–H and O–H groups in total. The van der Waals surface area contributed by atoms with E-state index in [9.17, 15) is 0 Å². The lowest BCUT2D eigenvalue weighted by Gasteiger charge is -2.15. The Labute approximate surface area is 83.2 Å². The highest BCUT2D eigenvalue weighted by atomic mass is 16.5. The van der Waals surface area contributed by atoms with E-state index in [-0.39, 0.29) is 6.35 Å². The number of nitrogens with one attached hydrogen (secondary N) is 2. The number of rotatable bonds is 3. The van der Waals surface area contributed by atoms with Crippen LogP contribution in [-0.4, -0.2) is 26.6 Å². The molecule has 2 rings (SSSR count). The number of ether oxygens (including phenoxy) is 2. The summed E-state index contributed by atoms with van der Waals surface area (Å²) in [5.41, 5.74) is 0.939. The van der Waals surface area contributed by atoms with Crippen LogP contribution in [0.5, 0.6) is 5.75 Å². The number of methoxy groups -OCH3 is 1. The molecular weight excluding hydrogens is 180 g/mol. The minimum absolute atomic E-state index is 0.105. The van der Waals surface area contributed by atoms with Crippen molar-refractivity contribution in [2.45, 2.75) is 6.35 Å². The van der Waals surface area contributed by atoms with Crippen LogP contribution in [0.4, 0.5) is 5.69 Å². The van der Waals surface area contributed by atoms with Crippen LogP contribution in [0.15, 0.2) is 24.3 Å². The smallest absolute Gasteiger partial charge is 0.184 e. The highest BCUT2D eigenvalue weighted by Crippen LogP contribution is 2.23. The van der Waals surface area contributed by atoms with Gasteiger partial charge >= 0.3 is 0 Å². The predicted molar refractivity (Wildman–Crippen MR) is 54.4 cm³/mol. The van der Waals surface area contributed by atoms with E-state index in [0.29, 0.717) is 0 Å². The molecule has 1 aliphatic heterocycles. The van der Waals surface area contributed by atoms with Gasteiger partial charge in [-0.15, -0.1) is 0 Å². The van der Waals surface area contributed by atoms with Gasteiger partial charge in [0.2, 0.25) is 0 Å². The summed E-state index contributed by atoms with van der Waals surface area (Å²) in [6, 6.07) is 7.77. The number of hydrogen-bond donors (Lipinski definition) is 2. The zero-order chi connectivity index (χ0) is 9.80. The van der Waals surface area contributed by atoms with Gasteiger partial charge in [0.25, 0.3) is 0 Å². The fourth-order valence-corrected chi connectivity index (χ4v) is 1.42. The Morgan fingerprint density at radius 3 is 3.07 bits per heavy atom. The van der Waals surface area contributed by atoms with Crippen LogP contribution in [0.3, 0.4) is 0 Å². The molecule has 1 aromatic carbocycles. The molecule has 0 spiro atoms. The average molecular weight is 194 g/mol. The Bertz CT molecular complexity index is 298. The van der Waals surface area contributed by atoms with Gasteiger partial charge in [0.15, 0.2) is 6.35 Å². The van der Waals surface area contributed by atoms with E-state index >= 15 is 0 Å². The number of para-hydroxylation sites is 2. The van der Waals surface area contributed by atoms with Crippen molar-refractivity contribution in [2.24, 2.45) is 0 Å². The quantitative estimate of drug-likeness (QED) is 0.753. The molecular formula is C10H14N2O2. The van der Waals surface area contributed by atoms with Crippen LogP contribution >= 0.6 is 0 Å². The third-order valence-corrected chi connectivity index (χ3v) is 2.11. The van der Waals surface area contributed by atoms with Crippen molar-refractivity contribution in [3.8, 4) is 5.75 Å². The molecule has 1 aliphatic rings. The van der Waals surface area contributed by atoms with Crippen molar-refractivity contribution in [2.75, 3.05) is 25.6 Å². The van der Waals surface area contributed by atoms with Crippen LogP contribution < -0.4 is 15.4 Å². The summed E-state index contributed by atoms with van der Waals surface area (Å²) in [6.07, 6.45) is -0.105. The fourth-order valence-electron chi connectivity index (χ4n) is 1.42. The monoisotopic (exact) mass is 194 g/mol. The van der Waals surface area contributed by atoms with E-state index in [1.165, 1.54) is 0 Å². The molecule has 76 valence electrons. The molecule has 1 fully saturated rings. The highest BCUT2D eigenvalue weighted by molar-refractivity contribution is 5.56. The third-order valence-electron chi connectivity index (χ3n) is 2.11. The maximum Gasteiger partial charge on any atom is 0.184 e. The molecule has 1 saturated heterocycles. The van der Waals surface area contributed by atoms with Crippen LogP contribution in [0.25, 0.3) is 0 Å². The first kappa shape index (κ1) is 9.30. The van der Waals surface area contributed by atoms with Gasteiger partial charge in [-0.1, -0.05) is 12.1 Å². The lowest BCUT2D eigenvalue weighted by atomic mass is 10.3. The Morgan fingerprint density at radius 2 is 2.36 bits per heavy atom. The van der Waals surface area contributed by atoms with Gasteiger partial charge in [-0.05, 0) is 12.1 Å². The van der Waals surface area contributed by atoms with E-state index in [4.69, 9.17) is 9.47 Å². The fraction of sp³-hybridized carbons (Fsp3) is 0.400. The summed E-state index contributed by atoms with van der Waals surface area (Å²) in [4.78, 5) is 0. The number of anilines is 1. The SMILES string of the molecule is COc1ccccc1N[C@@H]1NCCO1. The van der Waals surface area contributed by atoms with Gasteiger partial charge in [-0.2, -0.15) is 0 Å². The lowest BCUT2D eigenvalue weighted by molar-refractivity contribution is 0.123. The Hall–Kier alpha value is -1.26. The van der Waals surface area contributed by atoms with Crippen LogP contribution in [0.2, 0.25) is 0 Å². The molecule has 1 atom stereocenters. The summed E-state index contributed by atoms with van der Waals surface area (Å²) in [5, 5.41) is 6.37. The zero-order valence-corrected chi connectivity index (χ0v) is 8.12. The highest BCUT2D eigenvalue weighted by Gasteiger charge is 2.14. The molecule has 1 heterocycles. The van der Waals surface area contributed by atoms with E-state index < -0.39 is 0 Å². The van der Waals surface area contributed by atoms with Gasteiger partial charge in [-0.3, -0.25) is 5.32 Å². The number of benzene rings is 1. The van der Waals surface area contributed by atoms with Gasteiger partial charge in [0, 0.05) is 6.54 Å². The van der Waals surface area contributed by atoms with Crippen molar-refractivity contribution in [3.63, 3.8) is 0 Å². The largest absolute Gasteiger partial charge is 0.495 e. The second-order valence-electron chi connectivity index (χ2n) is 3.05. The second kappa shape index (κ2) is 4.30. The first-order chi connectivity index (χ1) is 6.90. The molecule has 0 unspecified atom stereocenters. The molecule has 0 radical (unpaired) electrons. The molecule has 0 aromatic heterocycles. The van der Waals surface area contributed by atoms with Crippen molar-refractivity contribution in [1.82, 2.24) is 5.32 Å². The van der Waals surface area contributed by atoms with E-state index in [1.54, 1.807) is 7.11 Å². The van der Waals surface area contributed by atoms with Crippen molar-refractivity contribution in [3.05, 3.63) is 24.3 Å². The van der Waals surface area contributed by atoms with E-state index in [0.717, 1.165) is 24.6 Å². The Kier molecular flexibility index (Phi) is 2.86. The van der Waals surface area contributed by atoms with Crippen molar-refractivity contribution < 1.29 is 9.47 Å². The Balaban J connectivity index is 2.07. The predicted octanol–water partition coefficient (Wildman–Crippen LogP) is 1.01. The van der Waals surface area contributed by atoms with Gasteiger partial charge in [0.1, 0.15) is 5.75 Å². The van der Waals surface area contributed by atoms with Crippen molar-refractivity contribution in [1.29, 1.82) is 0 Å². The minimum atomic E-state index is -0.105. The molecule has 0 aliphatic carbocycles. The van der Waals surface area contributed by atoms with Gasteiger partial charge in [0.05, 0.1) is 19.4 Å². The Morgan fingerprint density at radius 1 is 1.50 bits per heavy atom. The zero-order valence-electron chi connectivity index (χ0n) is 8.12. The van der Waals surface area contributed by atoms with Crippen LogP contribution in [0, 0.1) is 0 Å². The number of hydrogen-bond acceptors (Lipinski definition) is 4. The normalized spacial score (nSPS) is 20.8. The minimum Gasteiger partial charge on any atom is -0.495 e. The molecule has 14 heavy (non-hydrogen) atoms. The van der Waals surface area contributed by atoms with Gasteiger partial charge < -0.3 is 14.8 Å². The lowest BCUT2D eigenvalue weighted by Crippen LogP contribution is -2.31. The molecule has 4 nitrogen and oxygen atoms in total. The second-order valence-corrected chi connectivity index (χ2v) is 3.05. The first-order valence-corrected chi connectivity index (χ1v) is 4.65. The average Bonchev–Trinajstić information content (AvgIpc) is 2.71. The summed E-state index contributed by atoms with van der Waals surface area (Å²) >= 11 is 0.